The summed E-state index contributed by atoms with van der Waals surface area (Å²) < 4.78 is 5.76. The molecule has 0 radical (unpaired) electrons. The summed E-state index contributed by atoms with van der Waals surface area (Å²) in [5.74, 6) is 0.871. The van der Waals surface area contributed by atoms with Crippen LogP contribution in [0.5, 0.6) is 5.75 Å². The second-order valence-corrected chi connectivity index (χ2v) is 4.43. The second kappa shape index (κ2) is 7.00. The lowest BCUT2D eigenvalue weighted by Gasteiger charge is -2.33. The van der Waals surface area contributed by atoms with Gasteiger partial charge in [-0.3, -0.25) is 4.90 Å². The van der Waals surface area contributed by atoms with Crippen molar-refractivity contribution in [3.63, 3.8) is 0 Å². The van der Waals surface area contributed by atoms with Crippen LogP contribution in [0.1, 0.15) is 6.42 Å². The zero-order valence-corrected chi connectivity index (χ0v) is 10.5. The maximum atomic E-state index is 8.92. The van der Waals surface area contributed by atoms with Gasteiger partial charge in [0.05, 0.1) is 18.5 Å². The Balaban J connectivity index is 1.88. The van der Waals surface area contributed by atoms with Crippen LogP contribution in [0.25, 0.3) is 0 Å². The van der Waals surface area contributed by atoms with Crippen molar-refractivity contribution < 1.29 is 4.74 Å². The number of rotatable bonds is 5. The highest BCUT2D eigenvalue weighted by molar-refractivity contribution is 5.21. The van der Waals surface area contributed by atoms with E-state index in [1.54, 1.807) is 0 Å². The first kappa shape index (κ1) is 12.9. The molecular weight excluding hydrogens is 226 g/mol. The molecule has 1 fully saturated rings. The van der Waals surface area contributed by atoms with Gasteiger partial charge in [-0.2, -0.15) is 5.26 Å². The minimum absolute atomic E-state index is 0.192. The van der Waals surface area contributed by atoms with E-state index in [1.165, 1.54) is 0 Å². The fraction of sp³-hybridized carbons (Fsp3) is 0.500. The zero-order valence-electron chi connectivity index (χ0n) is 10.5. The molecule has 0 bridgehead atoms. The molecule has 4 heteroatoms. The minimum Gasteiger partial charge on any atom is -0.492 e. The first-order valence-electron chi connectivity index (χ1n) is 6.39. The number of piperazine rings is 1. The van der Waals surface area contributed by atoms with E-state index in [4.69, 9.17) is 10.00 Å². The van der Waals surface area contributed by atoms with Crippen LogP contribution in [0.2, 0.25) is 0 Å². The van der Waals surface area contributed by atoms with Gasteiger partial charge in [-0.05, 0) is 12.1 Å². The molecule has 1 atom stereocenters. The Morgan fingerprint density at radius 1 is 1.28 bits per heavy atom. The normalized spacial score (nSPS) is 17.9. The summed E-state index contributed by atoms with van der Waals surface area (Å²) in [7, 11) is 0. The molecule has 1 heterocycles. The summed E-state index contributed by atoms with van der Waals surface area (Å²) in [4.78, 5) is 2.34. The zero-order chi connectivity index (χ0) is 12.6. The third-order valence-corrected chi connectivity index (χ3v) is 3.18. The van der Waals surface area contributed by atoms with Crippen molar-refractivity contribution in [2.24, 2.45) is 0 Å². The van der Waals surface area contributed by atoms with Gasteiger partial charge in [0.2, 0.25) is 0 Å². The Morgan fingerprint density at radius 3 is 2.67 bits per heavy atom. The van der Waals surface area contributed by atoms with Crippen molar-refractivity contribution in [2.45, 2.75) is 12.5 Å². The van der Waals surface area contributed by atoms with Crippen LogP contribution in [0.4, 0.5) is 0 Å². The Kier molecular flexibility index (Phi) is 5.00. The molecule has 0 spiro atoms. The molecule has 1 aromatic carbocycles. The number of hydrogen-bond acceptors (Lipinski definition) is 4. The lowest BCUT2D eigenvalue weighted by molar-refractivity contribution is 0.123. The Morgan fingerprint density at radius 2 is 2.00 bits per heavy atom. The summed E-state index contributed by atoms with van der Waals surface area (Å²) in [6.07, 6.45) is 0.521. The van der Waals surface area contributed by atoms with Crippen LogP contribution in [0.15, 0.2) is 30.3 Å². The molecule has 4 nitrogen and oxygen atoms in total. The predicted molar refractivity (Wildman–Crippen MR) is 70.4 cm³/mol. The molecule has 0 amide bonds. The van der Waals surface area contributed by atoms with E-state index in [0.717, 1.165) is 31.9 Å². The van der Waals surface area contributed by atoms with Crippen LogP contribution in [0.3, 0.4) is 0 Å². The van der Waals surface area contributed by atoms with Crippen molar-refractivity contribution in [3.05, 3.63) is 30.3 Å². The molecule has 2 rings (SSSR count). The Bertz CT molecular complexity index is 382. The molecule has 1 aliphatic heterocycles. The van der Waals surface area contributed by atoms with Gasteiger partial charge in [0.25, 0.3) is 0 Å². The Hall–Kier alpha value is -1.57. The van der Waals surface area contributed by atoms with Gasteiger partial charge in [0, 0.05) is 26.2 Å². The summed E-state index contributed by atoms with van der Waals surface area (Å²) in [6, 6.07) is 12.2. The number of ether oxygens (including phenoxy) is 1. The highest BCUT2D eigenvalue weighted by Gasteiger charge is 2.20. The molecule has 0 aromatic heterocycles. The monoisotopic (exact) mass is 245 g/mol. The van der Waals surface area contributed by atoms with Crippen molar-refractivity contribution in [3.8, 4) is 11.8 Å². The van der Waals surface area contributed by atoms with Crippen LogP contribution >= 0.6 is 0 Å². The van der Waals surface area contributed by atoms with Gasteiger partial charge in [0.15, 0.2) is 0 Å². The van der Waals surface area contributed by atoms with Crippen LogP contribution in [0, 0.1) is 11.3 Å². The quantitative estimate of drug-likeness (QED) is 0.848. The van der Waals surface area contributed by atoms with E-state index < -0.39 is 0 Å². The van der Waals surface area contributed by atoms with Gasteiger partial charge < -0.3 is 10.1 Å². The fourth-order valence-electron chi connectivity index (χ4n) is 2.16. The Labute approximate surface area is 108 Å². The van der Waals surface area contributed by atoms with Crippen molar-refractivity contribution in [2.75, 3.05) is 32.8 Å². The fourth-order valence-corrected chi connectivity index (χ4v) is 2.16. The van der Waals surface area contributed by atoms with Gasteiger partial charge in [-0.15, -0.1) is 0 Å². The second-order valence-electron chi connectivity index (χ2n) is 4.43. The number of benzene rings is 1. The number of nitrogens with zero attached hydrogens (tertiary/aromatic N) is 2. The molecule has 1 saturated heterocycles. The molecule has 0 saturated carbocycles. The lowest BCUT2D eigenvalue weighted by atomic mass is 10.2. The standard InChI is InChI=1S/C14H19N3O/c15-7-6-13(17-10-8-16-9-11-17)12-18-14-4-2-1-3-5-14/h1-5,13,16H,6,8-12H2. The van der Waals surface area contributed by atoms with Crippen LogP contribution in [-0.2, 0) is 0 Å². The number of nitrogens with one attached hydrogen (secondary N) is 1. The average molecular weight is 245 g/mol. The van der Waals surface area contributed by atoms with Crippen molar-refractivity contribution in [1.82, 2.24) is 10.2 Å². The average Bonchev–Trinajstić information content (AvgIpc) is 2.45. The van der Waals surface area contributed by atoms with Gasteiger partial charge in [-0.25, -0.2) is 0 Å². The van der Waals surface area contributed by atoms with E-state index in [-0.39, 0.29) is 6.04 Å². The summed E-state index contributed by atoms with van der Waals surface area (Å²) in [5, 5.41) is 12.2. The van der Waals surface area contributed by atoms with Gasteiger partial charge >= 0.3 is 0 Å². The molecule has 1 aromatic rings. The van der Waals surface area contributed by atoms with E-state index in [9.17, 15) is 0 Å². The maximum Gasteiger partial charge on any atom is 0.119 e. The highest BCUT2D eigenvalue weighted by Crippen LogP contribution is 2.12. The third kappa shape index (κ3) is 3.73. The molecule has 1 aliphatic rings. The first-order valence-corrected chi connectivity index (χ1v) is 6.39. The molecule has 0 aliphatic carbocycles. The molecule has 1 unspecified atom stereocenters. The van der Waals surface area contributed by atoms with Crippen LogP contribution < -0.4 is 10.1 Å². The third-order valence-electron chi connectivity index (χ3n) is 3.18. The summed E-state index contributed by atoms with van der Waals surface area (Å²) in [6.45, 7) is 4.55. The van der Waals surface area contributed by atoms with Crippen LogP contribution in [-0.4, -0.2) is 43.7 Å². The topological polar surface area (TPSA) is 48.3 Å². The largest absolute Gasteiger partial charge is 0.492 e. The molecular formula is C14H19N3O. The smallest absolute Gasteiger partial charge is 0.119 e. The maximum absolute atomic E-state index is 8.92. The van der Waals surface area contributed by atoms with E-state index in [1.807, 2.05) is 30.3 Å². The molecule has 1 N–H and O–H groups in total. The number of hydrogen-bond donors (Lipinski definition) is 1. The molecule has 96 valence electrons. The minimum atomic E-state index is 0.192. The predicted octanol–water partition coefficient (Wildman–Crippen LogP) is 1.25. The van der Waals surface area contributed by atoms with E-state index >= 15 is 0 Å². The highest BCUT2D eigenvalue weighted by atomic mass is 16.5. The van der Waals surface area contributed by atoms with E-state index in [2.05, 4.69) is 16.3 Å². The number of nitriles is 1. The van der Waals surface area contributed by atoms with Crippen molar-refractivity contribution in [1.29, 1.82) is 5.26 Å². The summed E-state index contributed by atoms with van der Waals surface area (Å²) >= 11 is 0. The SMILES string of the molecule is N#CCC(COc1ccccc1)N1CCNCC1. The van der Waals surface area contributed by atoms with E-state index in [0.29, 0.717) is 13.0 Å². The number of para-hydroxylation sites is 1. The first-order chi connectivity index (χ1) is 8.90. The summed E-state index contributed by atoms with van der Waals surface area (Å²) in [5.41, 5.74) is 0. The lowest BCUT2D eigenvalue weighted by Crippen LogP contribution is -2.50. The molecule has 18 heavy (non-hydrogen) atoms. The van der Waals surface area contributed by atoms with Gasteiger partial charge in [-0.1, -0.05) is 18.2 Å². The van der Waals surface area contributed by atoms with Gasteiger partial charge in [0.1, 0.15) is 12.4 Å². The van der Waals surface area contributed by atoms with Crippen molar-refractivity contribution >= 4 is 0 Å².